The molecule has 0 aliphatic rings. The molecule has 4 heteroatoms. The van der Waals surface area contributed by atoms with E-state index in [2.05, 4.69) is 64.8 Å². The quantitative estimate of drug-likeness (QED) is 0.235. The zero-order valence-electron chi connectivity index (χ0n) is 19.5. The number of carbonyl (C=O) groups is 1. The largest absolute Gasteiger partial charge is 0.478 e. The smallest absolute Gasteiger partial charge is 0.332 e. The standard InChI is InChI=1S/C30H26O3S/c1-30(2,33-3)17-6-4-5-12-27(29(31)32)21-25-11-7-9-23(19-25)14-15-24-10-8-13-26(20-24)28-16-18-34-22-28/h7-11,13-16,18-22H,12H2,1-3H3,(H,31,32)/b15-14+,27-21+. The van der Waals surface area contributed by atoms with Crippen LogP contribution in [-0.4, -0.2) is 23.8 Å². The summed E-state index contributed by atoms with van der Waals surface area (Å²) in [7, 11) is 1.58. The van der Waals surface area contributed by atoms with Gasteiger partial charge in [0, 0.05) is 19.1 Å². The van der Waals surface area contributed by atoms with Gasteiger partial charge in [0.15, 0.2) is 0 Å². The van der Waals surface area contributed by atoms with E-state index < -0.39 is 11.6 Å². The van der Waals surface area contributed by atoms with Crippen molar-refractivity contribution in [2.45, 2.75) is 25.9 Å². The minimum Gasteiger partial charge on any atom is -0.478 e. The number of thiophene rings is 1. The van der Waals surface area contributed by atoms with Crippen molar-refractivity contribution in [2.24, 2.45) is 0 Å². The van der Waals surface area contributed by atoms with Gasteiger partial charge in [-0.2, -0.15) is 11.3 Å². The number of methoxy groups -OCH3 is 1. The monoisotopic (exact) mass is 466 g/mol. The summed E-state index contributed by atoms with van der Waals surface area (Å²) in [6, 6.07) is 18.2. The van der Waals surface area contributed by atoms with Crippen molar-refractivity contribution in [1.82, 2.24) is 0 Å². The Morgan fingerprint density at radius 3 is 2.38 bits per heavy atom. The lowest BCUT2D eigenvalue weighted by molar-refractivity contribution is -0.132. The van der Waals surface area contributed by atoms with Gasteiger partial charge in [-0.15, -0.1) is 0 Å². The van der Waals surface area contributed by atoms with Crippen LogP contribution < -0.4 is 0 Å². The van der Waals surface area contributed by atoms with Gasteiger partial charge >= 0.3 is 5.97 Å². The van der Waals surface area contributed by atoms with Gasteiger partial charge in [0.05, 0.1) is 0 Å². The summed E-state index contributed by atoms with van der Waals surface area (Å²) in [6.45, 7) is 3.68. The Balaban J connectivity index is 1.75. The van der Waals surface area contributed by atoms with Gasteiger partial charge in [-0.25, -0.2) is 4.79 Å². The third-order valence-electron chi connectivity index (χ3n) is 5.04. The van der Waals surface area contributed by atoms with Crippen LogP contribution in [0.3, 0.4) is 0 Å². The van der Waals surface area contributed by atoms with E-state index >= 15 is 0 Å². The van der Waals surface area contributed by atoms with Crippen LogP contribution in [0.1, 0.15) is 37.0 Å². The van der Waals surface area contributed by atoms with Crippen molar-refractivity contribution >= 4 is 35.5 Å². The molecule has 1 aromatic heterocycles. The summed E-state index contributed by atoms with van der Waals surface area (Å²) < 4.78 is 5.21. The highest BCUT2D eigenvalue weighted by molar-refractivity contribution is 7.08. The van der Waals surface area contributed by atoms with Crippen LogP contribution in [0.2, 0.25) is 0 Å². The molecule has 3 aromatic rings. The van der Waals surface area contributed by atoms with E-state index in [0.29, 0.717) is 0 Å². The van der Waals surface area contributed by atoms with E-state index in [0.717, 1.165) is 16.7 Å². The van der Waals surface area contributed by atoms with Crippen molar-refractivity contribution in [3.8, 4) is 34.8 Å². The molecule has 170 valence electrons. The van der Waals surface area contributed by atoms with E-state index in [1.807, 2.05) is 50.3 Å². The predicted molar refractivity (Wildman–Crippen MR) is 142 cm³/mol. The molecule has 0 saturated carbocycles. The molecule has 0 radical (unpaired) electrons. The van der Waals surface area contributed by atoms with Crippen LogP contribution in [0, 0.1) is 23.7 Å². The molecule has 0 amide bonds. The maximum Gasteiger partial charge on any atom is 0.332 e. The number of hydrogen-bond donors (Lipinski definition) is 1. The van der Waals surface area contributed by atoms with Crippen LogP contribution in [0.15, 0.2) is 70.9 Å². The van der Waals surface area contributed by atoms with Crippen LogP contribution in [0.4, 0.5) is 0 Å². The Morgan fingerprint density at radius 2 is 1.71 bits per heavy atom. The Hall–Kier alpha value is -3.83. The highest BCUT2D eigenvalue weighted by atomic mass is 32.1. The summed E-state index contributed by atoms with van der Waals surface area (Å²) in [5.41, 5.74) is 4.92. The predicted octanol–water partition coefficient (Wildman–Crippen LogP) is 6.88. The number of carboxylic acid groups (broad SMARTS) is 1. The van der Waals surface area contributed by atoms with E-state index in [9.17, 15) is 9.90 Å². The molecule has 0 saturated heterocycles. The fraction of sp³-hybridized carbons (Fsp3) is 0.167. The molecule has 0 aliphatic carbocycles. The van der Waals surface area contributed by atoms with Crippen molar-refractivity contribution < 1.29 is 14.6 Å². The lowest BCUT2D eigenvalue weighted by atomic mass is 10.0. The lowest BCUT2D eigenvalue weighted by Crippen LogP contribution is -2.18. The molecule has 0 spiro atoms. The summed E-state index contributed by atoms with van der Waals surface area (Å²) in [5, 5.41) is 13.8. The van der Waals surface area contributed by atoms with Gasteiger partial charge in [0.25, 0.3) is 0 Å². The van der Waals surface area contributed by atoms with E-state index in [4.69, 9.17) is 4.74 Å². The second-order valence-corrected chi connectivity index (χ2v) is 8.84. The first-order valence-corrected chi connectivity index (χ1v) is 11.7. The van der Waals surface area contributed by atoms with Gasteiger partial charge < -0.3 is 9.84 Å². The Kier molecular flexibility index (Phi) is 8.66. The zero-order chi connectivity index (χ0) is 24.4. The molecule has 34 heavy (non-hydrogen) atoms. The SMILES string of the molecule is COC(C)(C)C#CC#CC/C(=C\c1cccc(/C=C/c2cccc(-c3ccsc3)c2)c1)C(=O)O. The lowest BCUT2D eigenvalue weighted by Gasteiger charge is -2.13. The van der Waals surface area contributed by atoms with Gasteiger partial charge in [-0.3, -0.25) is 0 Å². The molecule has 3 nitrogen and oxygen atoms in total. The highest BCUT2D eigenvalue weighted by Crippen LogP contribution is 2.24. The first kappa shape index (κ1) is 24.8. The fourth-order valence-electron chi connectivity index (χ4n) is 3.00. The maximum absolute atomic E-state index is 11.7. The number of benzene rings is 2. The first-order chi connectivity index (χ1) is 16.4. The molecule has 1 N–H and O–H groups in total. The van der Waals surface area contributed by atoms with Crippen LogP contribution >= 0.6 is 11.3 Å². The number of aliphatic carboxylic acids is 1. The Labute approximate surface area is 205 Å². The third-order valence-corrected chi connectivity index (χ3v) is 5.72. The van der Waals surface area contributed by atoms with Gasteiger partial charge in [0.1, 0.15) is 5.60 Å². The summed E-state index contributed by atoms with van der Waals surface area (Å²) in [4.78, 5) is 11.7. The average Bonchev–Trinajstić information content (AvgIpc) is 3.37. The maximum atomic E-state index is 11.7. The minimum atomic E-state index is -0.995. The third kappa shape index (κ3) is 7.64. The van der Waals surface area contributed by atoms with Gasteiger partial charge in [0.2, 0.25) is 0 Å². The van der Waals surface area contributed by atoms with E-state index in [-0.39, 0.29) is 12.0 Å². The number of rotatable bonds is 7. The second-order valence-electron chi connectivity index (χ2n) is 8.06. The van der Waals surface area contributed by atoms with Crippen molar-refractivity contribution in [1.29, 1.82) is 0 Å². The van der Waals surface area contributed by atoms with Crippen molar-refractivity contribution in [2.75, 3.05) is 7.11 Å². The summed E-state index contributed by atoms with van der Waals surface area (Å²) >= 11 is 1.68. The van der Waals surface area contributed by atoms with Crippen LogP contribution in [-0.2, 0) is 9.53 Å². The Morgan fingerprint density at radius 1 is 1.00 bits per heavy atom. The number of ether oxygens (including phenoxy) is 1. The van der Waals surface area contributed by atoms with Crippen LogP contribution in [0.5, 0.6) is 0 Å². The molecular formula is C30H26O3S. The molecule has 0 atom stereocenters. The normalized spacial score (nSPS) is 11.4. The molecule has 0 unspecified atom stereocenters. The molecule has 0 fully saturated rings. The minimum absolute atomic E-state index is 0.104. The fourth-order valence-corrected chi connectivity index (χ4v) is 3.67. The second kappa shape index (κ2) is 11.9. The average molecular weight is 467 g/mol. The highest BCUT2D eigenvalue weighted by Gasteiger charge is 2.10. The molecule has 3 rings (SSSR count). The topological polar surface area (TPSA) is 46.5 Å². The first-order valence-electron chi connectivity index (χ1n) is 10.8. The zero-order valence-corrected chi connectivity index (χ0v) is 20.3. The van der Waals surface area contributed by atoms with E-state index in [1.165, 1.54) is 11.1 Å². The van der Waals surface area contributed by atoms with Crippen LogP contribution in [0.25, 0.3) is 29.4 Å². The molecule has 2 aromatic carbocycles. The number of hydrogen-bond acceptors (Lipinski definition) is 3. The van der Waals surface area contributed by atoms with Gasteiger partial charge in [-0.05, 0) is 88.5 Å². The van der Waals surface area contributed by atoms with Crippen molar-refractivity contribution in [3.05, 3.63) is 87.6 Å². The summed E-state index contributed by atoms with van der Waals surface area (Å²) in [6.07, 6.45) is 5.84. The number of carboxylic acids is 1. The molecule has 0 bridgehead atoms. The van der Waals surface area contributed by atoms with E-state index in [1.54, 1.807) is 24.5 Å². The molecule has 0 aliphatic heterocycles. The molecular weight excluding hydrogens is 440 g/mol. The molecule has 1 heterocycles. The summed E-state index contributed by atoms with van der Waals surface area (Å²) in [5.74, 6) is 10.1. The van der Waals surface area contributed by atoms with Gasteiger partial charge in [-0.1, -0.05) is 60.4 Å². The van der Waals surface area contributed by atoms with Crippen molar-refractivity contribution in [3.63, 3.8) is 0 Å². The Bertz CT molecular complexity index is 1320.